The van der Waals surface area contributed by atoms with Crippen molar-refractivity contribution in [1.29, 1.82) is 0 Å². The Morgan fingerprint density at radius 3 is 2.57 bits per heavy atom. The molecule has 0 saturated carbocycles. The van der Waals surface area contributed by atoms with Crippen LogP contribution in [0.2, 0.25) is 0 Å². The molecule has 1 aromatic heterocycles. The van der Waals surface area contributed by atoms with Gasteiger partial charge in [0.15, 0.2) is 5.12 Å². The van der Waals surface area contributed by atoms with E-state index < -0.39 is 0 Å². The van der Waals surface area contributed by atoms with Crippen LogP contribution in [0.15, 0.2) is 47.4 Å². The molecule has 3 rings (SSSR count). The summed E-state index contributed by atoms with van der Waals surface area (Å²) < 4.78 is 7.49. The third-order valence-corrected chi connectivity index (χ3v) is 6.17. The summed E-state index contributed by atoms with van der Waals surface area (Å²) in [6, 6.07) is 14.0. The van der Waals surface area contributed by atoms with Crippen molar-refractivity contribution >= 4 is 45.4 Å². The molecular weight excluding hydrogens is 416 g/mol. The lowest BCUT2D eigenvalue weighted by Crippen LogP contribution is -2.09. The number of thioether (sulfide) groups is 2. The topological polar surface area (TPSA) is 61.2 Å². The Balaban J connectivity index is 1.84. The van der Waals surface area contributed by atoms with Crippen LogP contribution in [0.3, 0.4) is 0 Å². The highest BCUT2D eigenvalue weighted by Gasteiger charge is 2.13. The molecule has 30 heavy (non-hydrogen) atoms. The highest BCUT2D eigenvalue weighted by molar-refractivity contribution is 8.12. The summed E-state index contributed by atoms with van der Waals surface area (Å²) in [6.45, 7) is 8.15. The quantitative estimate of drug-likeness (QED) is 0.254. The first-order chi connectivity index (χ1) is 14.3. The van der Waals surface area contributed by atoms with Gasteiger partial charge in [-0.25, -0.2) is 0 Å². The fourth-order valence-corrected chi connectivity index (χ4v) is 4.55. The van der Waals surface area contributed by atoms with Gasteiger partial charge in [0, 0.05) is 47.9 Å². The summed E-state index contributed by atoms with van der Waals surface area (Å²) in [4.78, 5) is 23.9. The SMILES string of the molecule is CC(=O)Oc1cc(SCc2cc(CSC(C)=O)nn2CC(C)C)cc2ccccc12. The van der Waals surface area contributed by atoms with Crippen LogP contribution in [0, 0.1) is 5.92 Å². The van der Waals surface area contributed by atoms with Crippen molar-refractivity contribution in [3.05, 3.63) is 53.9 Å². The first-order valence-corrected chi connectivity index (χ1v) is 11.8. The molecule has 0 radical (unpaired) electrons. The highest BCUT2D eigenvalue weighted by atomic mass is 32.2. The Kier molecular flexibility index (Phi) is 7.61. The number of hydrogen-bond acceptors (Lipinski definition) is 6. The van der Waals surface area contributed by atoms with Crippen LogP contribution in [0.1, 0.15) is 39.1 Å². The number of esters is 1. The normalized spacial score (nSPS) is 11.2. The van der Waals surface area contributed by atoms with Gasteiger partial charge < -0.3 is 4.74 Å². The number of carbonyl (C=O) groups excluding carboxylic acids is 2. The molecule has 0 atom stereocenters. The molecule has 0 saturated heterocycles. The molecule has 1 heterocycles. The molecule has 0 aliphatic rings. The van der Waals surface area contributed by atoms with Crippen LogP contribution < -0.4 is 4.74 Å². The highest BCUT2D eigenvalue weighted by Crippen LogP contribution is 2.34. The van der Waals surface area contributed by atoms with Crippen molar-refractivity contribution in [2.75, 3.05) is 0 Å². The summed E-state index contributed by atoms with van der Waals surface area (Å²) in [6.07, 6.45) is 0. The van der Waals surface area contributed by atoms with Crippen molar-refractivity contribution in [2.24, 2.45) is 5.92 Å². The number of fused-ring (bicyclic) bond motifs is 1. The van der Waals surface area contributed by atoms with Gasteiger partial charge in [-0.1, -0.05) is 49.9 Å². The molecular formula is C23H26N2O3S2. The maximum Gasteiger partial charge on any atom is 0.308 e. The molecule has 7 heteroatoms. The van der Waals surface area contributed by atoms with Gasteiger partial charge in [-0.15, -0.1) is 11.8 Å². The van der Waals surface area contributed by atoms with Crippen LogP contribution >= 0.6 is 23.5 Å². The van der Waals surface area contributed by atoms with Gasteiger partial charge >= 0.3 is 5.97 Å². The second-order valence-electron chi connectivity index (χ2n) is 7.51. The van der Waals surface area contributed by atoms with E-state index in [4.69, 9.17) is 9.84 Å². The molecule has 0 amide bonds. The molecule has 0 aliphatic heterocycles. The third kappa shape index (κ3) is 6.12. The Labute approximate surface area is 185 Å². The van der Waals surface area contributed by atoms with E-state index in [9.17, 15) is 9.59 Å². The number of ether oxygens (including phenoxy) is 1. The van der Waals surface area contributed by atoms with Gasteiger partial charge in [-0.05, 0) is 29.5 Å². The minimum absolute atomic E-state index is 0.0958. The summed E-state index contributed by atoms with van der Waals surface area (Å²) in [5, 5.41) is 6.76. The number of carbonyl (C=O) groups is 2. The predicted octanol–water partition coefficient (Wildman–Crippen LogP) is 5.69. The van der Waals surface area contributed by atoms with E-state index in [1.165, 1.54) is 18.7 Å². The molecule has 0 N–H and O–H groups in total. The summed E-state index contributed by atoms with van der Waals surface area (Å²) >= 11 is 2.96. The van der Waals surface area contributed by atoms with Gasteiger partial charge in [0.05, 0.1) is 5.69 Å². The van der Waals surface area contributed by atoms with Crippen molar-refractivity contribution < 1.29 is 14.3 Å². The average molecular weight is 443 g/mol. The summed E-state index contributed by atoms with van der Waals surface area (Å²) in [7, 11) is 0. The Morgan fingerprint density at radius 1 is 1.10 bits per heavy atom. The van der Waals surface area contributed by atoms with Gasteiger partial charge in [0.2, 0.25) is 0 Å². The number of hydrogen-bond donors (Lipinski definition) is 0. The van der Waals surface area contributed by atoms with Crippen LogP contribution in [0.25, 0.3) is 10.8 Å². The van der Waals surface area contributed by atoms with Crippen molar-refractivity contribution in [2.45, 2.75) is 50.6 Å². The zero-order valence-corrected chi connectivity index (χ0v) is 19.3. The van der Waals surface area contributed by atoms with Crippen molar-refractivity contribution in [3.8, 4) is 5.75 Å². The number of aromatic nitrogens is 2. The molecule has 5 nitrogen and oxygen atoms in total. The van der Waals surface area contributed by atoms with Crippen LogP contribution in [0.4, 0.5) is 0 Å². The van der Waals surface area contributed by atoms with Crippen LogP contribution in [0.5, 0.6) is 5.75 Å². The van der Waals surface area contributed by atoms with Gasteiger partial charge in [-0.3, -0.25) is 14.3 Å². The van der Waals surface area contributed by atoms with Gasteiger partial charge in [0.1, 0.15) is 5.75 Å². The lowest BCUT2D eigenvalue weighted by Gasteiger charge is -2.11. The molecule has 0 fully saturated rings. The molecule has 0 spiro atoms. The van der Waals surface area contributed by atoms with E-state index in [2.05, 4.69) is 26.0 Å². The maximum absolute atomic E-state index is 11.5. The summed E-state index contributed by atoms with van der Waals surface area (Å²) in [5.41, 5.74) is 2.04. The van der Waals surface area contributed by atoms with Crippen LogP contribution in [-0.2, 0) is 27.6 Å². The van der Waals surface area contributed by atoms with E-state index in [1.807, 2.05) is 35.0 Å². The third-order valence-electron chi connectivity index (χ3n) is 4.31. The Hall–Kier alpha value is -2.25. The van der Waals surface area contributed by atoms with E-state index in [0.29, 0.717) is 17.4 Å². The minimum Gasteiger partial charge on any atom is -0.426 e. The molecule has 2 aromatic carbocycles. The standard InChI is InChI=1S/C23H26N2O3S2/c1-15(2)12-25-20(10-19(24-25)13-29-17(4)27)14-30-21-9-18-7-5-6-8-22(18)23(11-21)28-16(3)26/h5-11,15H,12-14H2,1-4H3. The largest absolute Gasteiger partial charge is 0.426 e. The van der Waals surface area contributed by atoms with Crippen LogP contribution in [-0.4, -0.2) is 20.9 Å². The fourth-order valence-electron chi connectivity index (χ4n) is 3.11. The average Bonchev–Trinajstić information content (AvgIpc) is 3.05. The zero-order chi connectivity index (χ0) is 21.7. The smallest absolute Gasteiger partial charge is 0.308 e. The molecule has 158 valence electrons. The first-order valence-electron chi connectivity index (χ1n) is 9.84. The van der Waals surface area contributed by atoms with Crippen molar-refractivity contribution in [1.82, 2.24) is 9.78 Å². The zero-order valence-electron chi connectivity index (χ0n) is 17.7. The Morgan fingerprint density at radius 2 is 1.87 bits per heavy atom. The monoisotopic (exact) mass is 442 g/mol. The van der Waals surface area contributed by atoms with Crippen molar-refractivity contribution in [3.63, 3.8) is 0 Å². The summed E-state index contributed by atoms with van der Waals surface area (Å²) in [5.74, 6) is 2.05. The molecule has 0 unspecified atom stereocenters. The predicted molar refractivity (Wildman–Crippen MR) is 124 cm³/mol. The molecule has 0 bridgehead atoms. The first kappa shape index (κ1) is 22.4. The number of benzene rings is 2. The number of rotatable bonds is 8. The number of nitrogens with zero attached hydrogens (tertiary/aromatic N) is 2. The van der Waals surface area contributed by atoms with Gasteiger partial charge in [-0.2, -0.15) is 5.10 Å². The minimum atomic E-state index is -0.329. The lowest BCUT2D eigenvalue weighted by atomic mass is 10.1. The molecule has 3 aromatic rings. The van der Waals surface area contributed by atoms with E-state index >= 15 is 0 Å². The van der Waals surface area contributed by atoms with E-state index in [-0.39, 0.29) is 11.1 Å². The second kappa shape index (κ2) is 10.2. The fraction of sp³-hybridized carbons (Fsp3) is 0.348. The van der Waals surface area contributed by atoms with E-state index in [0.717, 1.165) is 39.4 Å². The van der Waals surface area contributed by atoms with E-state index in [1.54, 1.807) is 18.7 Å². The maximum atomic E-state index is 11.5. The van der Waals surface area contributed by atoms with Gasteiger partial charge in [0.25, 0.3) is 0 Å². The second-order valence-corrected chi connectivity index (χ2v) is 9.71. The Bertz CT molecular complexity index is 1060. The lowest BCUT2D eigenvalue weighted by molar-refractivity contribution is -0.131. The molecule has 0 aliphatic carbocycles.